The second-order valence-corrected chi connectivity index (χ2v) is 4.73. The summed E-state index contributed by atoms with van der Waals surface area (Å²) in [6, 6.07) is 4.77. The largest absolute Gasteiger partial charge is 0.348 e. The minimum Gasteiger partial charge on any atom is -0.348 e. The monoisotopic (exact) mass is 246 g/mol. The van der Waals surface area contributed by atoms with Gasteiger partial charge in [-0.15, -0.1) is 11.7 Å². The van der Waals surface area contributed by atoms with E-state index in [1.54, 1.807) is 0 Å². The van der Waals surface area contributed by atoms with Crippen LogP contribution >= 0.6 is 0 Å². The van der Waals surface area contributed by atoms with Gasteiger partial charge in [-0.25, -0.2) is 0 Å². The highest BCUT2D eigenvalue weighted by Crippen LogP contribution is 2.30. The first-order chi connectivity index (χ1) is 8.85. The summed E-state index contributed by atoms with van der Waals surface area (Å²) in [7, 11) is 0. The second-order valence-electron chi connectivity index (χ2n) is 4.73. The Hall–Kier alpha value is -1.42. The molecule has 0 aliphatic heterocycles. The number of rotatable bonds is 8. The molecule has 0 bridgehead atoms. The van der Waals surface area contributed by atoms with Crippen LogP contribution in [0.5, 0.6) is 0 Å². The van der Waals surface area contributed by atoms with E-state index in [1.807, 2.05) is 6.08 Å². The molecular weight excluding hydrogens is 224 g/mol. The van der Waals surface area contributed by atoms with Gasteiger partial charge in [0.25, 0.3) is 0 Å². The van der Waals surface area contributed by atoms with E-state index in [-0.39, 0.29) is 0 Å². The number of nitrogens with zero attached hydrogens (tertiary/aromatic N) is 3. The van der Waals surface area contributed by atoms with Gasteiger partial charge in [0.05, 0.1) is 5.69 Å². The minimum absolute atomic E-state index is 0.640. The normalized spacial score (nSPS) is 14.5. The van der Waals surface area contributed by atoms with E-state index in [4.69, 9.17) is 0 Å². The smallest absolute Gasteiger partial charge is 0.151 e. The molecule has 1 aromatic heterocycles. The van der Waals surface area contributed by atoms with Crippen LogP contribution in [0.15, 0.2) is 24.8 Å². The summed E-state index contributed by atoms with van der Waals surface area (Å²) < 4.78 is 0. The Balaban J connectivity index is 1.94. The van der Waals surface area contributed by atoms with Crippen molar-refractivity contribution in [3.8, 4) is 0 Å². The van der Waals surface area contributed by atoms with Crippen molar-refractivity contribution in [1.29, 1.82) is 0 Å². The molecule has 0 amide bonds. The van der Waals surface area contributed by atoms with Crippen molar-refractivity contribution in [2.24, 2.45) is 0 Å². The van der Waals surface area contributed by atoms with Crippen LogP contribution in [0.3, 0.4) is 0 Å². The zero-order chi connectivity index (χ0) is 12.8. The van der Waals surface area contributed by atoms with Crippen molar-refractivity contribution in [1.82, 2.24) is 15.5 Å². The van der Waals surface area contributed by atoms with Crippen molar-refractivity contribution in [2.45, 2.75) is 38.8 Å². The minimum atomic E-state index is 0.640. The zero-order valence-corrected chi connectivity index (χ0v) is 11.1. The molecule has 1 aliphatic rings. The van der Waals surface area contributed by atoms with Gasteiger partial charge >= 0.3 is 0 Å². The summed E-state index contributed by atoms with van der Waals surface area (Å²) in [5.74, 6) is 0.969. The Kier molecular flexibility index (Phi) is 4.70. The maximum Gasteiger partial charge on any atom is 0.151 e. The van der Waals surface area contributed by atoms with E-state index < -0.39 is 0 Å². The fraction of sp³-hybridized carbons (Fsp3) is 0.571. The van der Waals surface area contributed by atoms with Crippen LogP contribution in [-0.2, 0) is 6.54 Å². The van der Waals surface area contributed by atoms with Crippen molar-refractivity contribution < 1.29 is 0 Å². The van der Waals surface area contributed by atoms with Crippen molar-refractivity contribution >= 4 is 5.82 Å². The Morgan fingerprint density at radius 3 is 2.83 bits per heavy atom. The third-order valence-corrected chi connectivity index (χ3v) is 3.05. The highest BCUT2D eigenvalue weighted by Gasteiger charge is 2.29. The third kappa shape index (κ3) is 3.53. The van der Waals surface area contributed by atoms with E-state index in [2.05, 4.69) is 46.0 Å². The quantitative estimate of drug-likeness (QED) is 0.563. The molecule has 18 heavy (non-hydrogen) atoms. The number of hydrogen-bond acceptors (Lipinski definition) is 4. The van der Waals surface area contributed by atoms with Crippen LogP contribution in [0, 0.1) is 0 Å². The Morgan fingerprint density at radius 1 is 1.44 bits per heavy atom. The van der Waals surface area contributed by atoms with E-state index in [0.29, 0.717) is 6.04 Å². The Bertz CT molecular complexity index is 370. The summed E-state index contributed by atoms with van der Waals surface area (Å²) in [5.41, 5.74) is 1.00. The lowest BCUT2D eigenvalue weighted by atomic mass is 10.3. The molecule has 1 N–H and O–H groups in total. The average Bonchev–Trinajstić information content (AvgIpc) is 3.22. The highest BCUT2D eigenvalue weighted by atomic mass is 15.3. The van der Waals surface area contributed by atoms with Crippen molar-refractivity contribution in [2.75, 3.05) is 18.0 Å². The molecule has 1 fully saturated rings. The van der Waals surface area contributed by atoms with Gasteiger partial charge in [0, 0.05) is 19.1 Å². The number of hydrogen-bond donors (Lipinski definition) is 1. The second kappa shape index (κ2) is 6.50. The van der Waals surface area contributed by atoms with E-state index >= 15 is 0 Å². The molecule has 2 rings (SSSR count). The standard InChI is InChI=1S/C14H22N4/c1-3-9-15-11-12-5-8-14(17-16-12)18(10-4-2)13-6-7-13/h4-5,8,13,15H,2-3,6-7,9-11H2,1H3. The summed E-state index contributed by atoms with van der Waals surface area (Å²) >= 11 is 0. The lowest BCUT2D eigenvalue weighted by Gasteiger charge is -2.21. The molecule has 0 aromatic carbocycles. The molecule has 98 valence electrons. The molecule has 0 spiro atoms. The highest BCUT2D eigenvalue weighted by molar-refractivity contribution is 5.41. The van der Waals surface area contributed by atoms with E-state index in [0.717, 1.165) is 37.6 Å². The number of anilines is 1. The predicted octanol–water partition coefficient (Wildman–Crippen LogP) is 2.13. The summed E-state index contributed by atoms with van der Waals surface area (Å²) in [5, 5.41) is 11.9. The molecule has 0 saturated heterocycles. The molecule has 0 radical (unpaired) electrons. The van der Waals surface area contributed by atoms with Crippen LogP contribution in [-0.4, -0.2) is 29.3 Å². The molecule has 1 saturated carbocycles. The number of nitrogens with one attached hydrogen (secondary N) is 1. The topological polar surface area (TPSA) is 41.0 Å². The molecule has 4 heteroatoms. The first kappa shape index (κ1) is 13.0. The first-order valence-electron chi connectivity index (χ1n) is 6.76. The van der Waals surface area contributed by atoms with Gasteiger partial charge in [0.2, 0.25) is 0 Å². The molecule has 0 atom stereocenters. The van der Waals surface area contributed by atoms with Gasteiger partial charge in [-0.3, -0.25) is 0 Å². The van der Waals surface area contributed by atoms with Gasteiger partial charge in [-0.1, -0.05) is 13.0 Å². The van der Waals surface area contributed by atoms with Crippen LogP contribution in [0.2, 0.25) is 0 Å². The number of aromatic nitrogens is 2. The van der Waals surface area contributed by atoms with Crippen molar-refractivity contribution in [3.63, 3.8) is 0 Å². The predicted molar refractivity (Wildman–Crippen MR) is 74.6 cm³/mol. The Labute approximate surface area is 109 Å². The van der Waals surface area contributed by atoms with Crippen molar-refractivity contribution in [3.05, 3.63) is 30.5 Å². The van der Waals surface area contributed by atoms with Gasteiger partial charge in [-0.2, -0.15) is 5.10 Å². The van der Waals surface area contributed by atoms with E-state index in [1.165, 1.54) is 12.8 Å². The summed E-state index contributed by atoms with van der Waals surface area (Å²) in [4.78, 5) is 2.28. The molecule has 1 aromatic rings. The SMILES string of the molecule is C=CCN(c1ccc(CNCCC)nn1)C1CC1. The molecule has 1 aliphatic carbocycles. The molecule has 4 nitrogen and oxygen atoms in total. The van der Waals surface area contributed by atoms with Crippen LogP contribution in [0.4, 0.5) is 5.82 Å². The van der Waals surface area contributed by atoms with Gasteiger partial charge in [0.15, 0.2) is 5.82 Å². The Morgan fingerprint density at radius 2 is 2.28 bits per heavy atom. The van der Waals surface area contributed by atoms with Crippen LogP contribution < -0.4 is 10.2 Å². The molecule has 0 unspecified atom stereocenters. The molecule has 1 heterocycles. The zero-order valence-electron chi connectivity index (χ0n) is 11.1. The van der Waals surface area contributed by atoms with E-state index in [9.17, 15) is 0 Å². The van der Waals surface area contributed by atoms with Gasteiger partial charge in [-0.05, 0) is 37.9 Å². The fourth-order valence-corrected chi connectivity index (χ4v) is 1.95. The third-order valence-electron chi connectivity index (χ3n) is 3.05. The maximum atomic E-state index is 4.33. The van der Waals surface area contributed by atoms with Crippen LogP contribution in [0.25, 0.3) is 0 Å². The van der Waals surface area contributed by atoms with Gasteiger partial charge in [0.1, 0.15) is 0 Å². The average molecular weight is 246 g/mol. The lowest BCUT2D eigenvalue weighted by Crippen LogP contribution is -2.27. The van der Waals surface area contributed by atoms with Gasteiger partial charge < -0.3 is 10.2 Å². The molecular formula is C14H22N4. The summed E-state index contributed by atoms with van der Waals surface area (Å²) in [6.07, 6.45) is 5.58. The first-order valence-corrected chi connectivity index (χ1v) is 6.76. The van der Waals surface area contributed by atoms with Crippen LogP contribution in [0.1, 0.15) is 31.9 Å². The summed E-state index contributed by atoms with van der Waals surface area (Å²) in [6.45, 7) is 8.63. The maximum absolute atomic E-state index is 4.33. The fourth-order valence-electron chi connectivity index (χ4n) is 1.95. The lowest BCUT2D eigenvalue weighted by molar-refractivity contribution is 0.655.